The third-order valence-corrected chi connectivity index (χ3v) is 3.86. The molecule has 0 fully saturated rings. The van der Waals surface area contributed by atoms with E-state index < -0.39 is 16.1 Å². The van der Waals surface area contributed by atoms with Crippen molar-refractivity contribution in [2.24, 2.45) is 0 Å². The number of nitrogens with zero attached hydrogens (tertiary/aromatic N) is 3. The van der Waals surface area contributed by atoms with Crippen molar-refractivity contribution in [2.75, 3.05) is 26.0 Å². The van der Waals surface area contributed by atoms with Gasteiger partial charge in [0, 0.05) is 20.6 Å². The monoisotopic (exact) mass is 260 g/mol. The highest BCUT2D eigenvalue weighted by Gasteiger charge is 2.22. The fourth-order valence-corrected chi connectivity index (χ4v) is 2.37. The number of hydrogen-bond acceptors (Lipinski definition) is 6. The lowest BCUT2D eigenvalue weighted by atomic mass is 10.4. The first-order valence-corrected chi connectivity index (χ1v) is 6.46. The molecule has 1 heterocycles. The predicted molar refractivity (Wildman–Crippen MR) is 63.1 cm³/mol. The lowest BCUT2D eigenvalue weighted by Crippen LogP contribution is -2.33. The molecular weight excluding hydrogens is 244 g/mol. The Labute approximate surface area is 101 Å². The minimum Gasteiger partial charge on any atom is -0.392 e. The van der Waals surface area contributed by atoms with E-state index in [9.17, 15) is 8.42 Å². The molecule has 0 aromatic carbocycles. The summed E-state index contributed by atoms with van der Waals surface area (Å²) in [5, 5.41) is 11.9. The van der Waals surface area contributed by atoms with Crippen molar-refractivity contribution in [3.63, 3.8) is 0 Å². The molecule has 0 saturated heterocycles. The van der Waals surface area contributed by atoms with E-state index in [4.69, 9.17) is 5.11 Å². The second-order valence-corrected chi connectivity index (χ2v) is 5.67. The quantitative estimate of drug-likeness (QED) is 0.742. The number of aromatic nitrogens is 2. The van der Waals surface area contributed by atoms with Gasteiger partial charge in [-0.15, -0.1) is 0 Å². The summed E-state index contributed by atoms with van der Waals surface area (Å²) < 4.78 is 25.0. The van der Waals surface area contributed by atoms with Crippen molar-refractivity contribution in [3.8, 4) is 0 Å². The maximum atomic E-state index is 12.0. The lowest BCUT2D eigenvalue weighted by Gasteiger charge is -2.18. The Morgan fingerprint density at radius 3 is 2.41 bits per heavy atom. The third-order valence-electron chi connectivity index (χ3n) is 2.08. The van der Waals surface area contributed by atoms with Crippen LogP contribution in [-0.2, 0) is 10.0 Å². The van der Waals surface area contributed by atoms with Gasteiger partial charge in [-0.1, -0.05) is 0 Å². The Kier molecular flexibility index (Phi) is 4.38. The van der Waals surface area contributed by atoms with Crippen molar-refractivity contribution >= 4 is 16.0 Å². The van der Waals surface area contributed by atoms with E-state index in [0.717, 1.165) is 4.31 Å². The Hall–Kier alpha value is -1.25. The number of sulfonamides is 1. The van der Waals surface area contributed by atoms with Crippen LogP contribution in [0.25, 0.3) is 0 Å². The molecule has 0 aliphatic carbocycles. The molecule has 0 saturated carbocycles. The van der Waals surface area contributed by atoms with Crippen LogP contribution >= 0.6 is 0 Å². The van der Waals surface area contributed by atoms with Gasteiger partial charge >= 0.3 is 0 Å². The number of anilines is 1. The summed E-state index contributed by atoms with van der Waals surface area (Å²) in [5.74, 6) is 0.349. The van der Waals surface area contributed by atoms with E-state index >= 15 is 0 Å². The van der Waals surface area contributed by atoms with E-state index in [-0.39, 0.29) is 11.4 Å². The molecule has 2 N–H and O–H groups in total. The molecule has 17 heavy (non-hydrogen) atoms. The smallest absolute Gasteiger partial charge is 0.245 e. The number of aliphatic hydroxyl groups excluding tert-OH is 1. The van der Waals surface area contributed by atoms with Crippen LogP contribution in [0.5, 0.6) is 0 Å². The zero-order chi connectivity index (χ0) is 13.1. The SMILES string of the molecule is CNc1ncc(S(=O)(=O)N(C)CC(C)O)cn1. The fraction of sp³-hybridized carbons (Fsp3) is 0.556. The first-order chi connectivity index (χ1) is 7.87. The van der Waals surface area contributed by atoms with Gasteiger partial charge in [0.1, 0.15) is 4.90 Å². The summed E-state index contributed by atoms with van der Waals surface area (Å²) in [6.45, 7) is 1.54. The standard InChI is InChI=1S/C9H16N4O3S/c1-7(14)6-13(3)17(15,16)8-4-11-9(10-2)12-5-8/h4-5,7,14H,6H2,1-3H3,(H,10,11,12). The van der Waals surface area contributed by atoms with Gasteiger partial charge in [0.05, 0.1) is 18.5 Å². The predicted octanol–water partition coefficient (Wildman–Crippen LogP) is -0.480. The Morgan fingerprint density at radius 2 is 2.00 bits per heavy atom. The van der Waals surface area contributed by atoms with Crippen LogP contribution in [0, 0.1) is 0 Å². The average Bonchev–Trinajstić information content (AvgIpc) is 2.28. The van der Waals surface area contributed by atoms with Crippen molar-refractivity contribution < 1.29 is 13.5 Å². The topological polar surface area (TPSA) is 95.4 Å². The van der Waals surface area contributed by atoms with Gasteiger partial charge in [0.15, 0.2) is 0 Å². The molecule has 0 bridgehead atoms. The number of rotatable bonds is 5. The van der Waals surface area contributed by atoms with Crippen LogP contribution in [0.4, 0.5) is 5.95 Å². The average molecular weight is 260 g/mol. The van der Waals surface area contributed by atoms with E-state index in [1.807, 2.05) is 0 Å². The van der Waals surface area contributed by atoms with E-state index in [1.165, 1.54) is 26.4 Å². The van der Waals surface area contributed by atoms with Gasteiger partial charge in [-0.25, -0.2) is 18.4 Å². The summed E-state index contributed by atoms with van der Waals surface area (Å²) in [6.07, 6.45) is 1.73. The van der Waals surface area contributed by atoms with E-state index in [1.54, 1.807) is 7.05 Å². The summed E-state index contributed by atoms with van der Waals surface area (Å²) in [4.78, 5) is 7.67. The minimum atomic E-state index is -3.64. The molecule has 7 nitrogen and oxygen atoms in total. The zero-order valence-corrected chi connectivity index (χ0v) is 10.8. The molecular formula is C9H16N4O3S. The molecule has 1 aromatic heterocycles. The molecule has 0 spiro atoms. The first kappa shape index (κ1) is 13.8. The summed E-state index contributed by atoms with van der Waals surface area (Å²) in [5.41, 5.74) is 0. The molecule has 1 aromatic rings. The van der Waals surface area contributed by atoms with Crippen LogP contribution in [0.1, 0.15) is 6.92 Å². The van der Waals surface area contributed by atoms with Crippen molar-refractivity contribution in [1.82, 2.24) is 14.3 Å². The normalized spacial score (nSPS) is 13.7. The van der Waals surface area contributed by atoms with Gasteiger partial charge in [-0.05, 0) is 6.92 Å². The van der Waals surface area contributed by atoms with Crippen LogP contribution < -0.4 is 5.32 Å². The Balaban J connectivity index is 2.96. The van der Waals surface area contributed by atoms with Crippen molar-refractivity contribution in [3.05, 3.63) is 12.4 Å². The van der Waals surface area contributed by atoms with Crippen LogP contribution in [0.15, 0.2) is 17.3 Å². The van der Waals surface area contributed by atoms with Gasteiger partial charge < -0.3 is 10.4 Å². The molecule has 96 valence electrons. The van der Waals surface area contributed by atoms with Crippen LogP contribution in [0.2, 0.25) is 0 Å². The Bertz CT molecular complexity index is 458. The highest BCUT2D eigenvalue weighted by Crippen LogP contribution is 2.13. The van der Waals surface area contributed by atoms with Crippen LogP contribution in [-0.4, -0.2) is 54.5 Å². The molecule has 0 aliphatic heterocycles. The van der Waals surface area contributed by atoms with Crippen LogP contribution in [0.3, 0.4) is 0 Å². The van der Waals surface area contributed by atoms with Gasteiger partial charge in [0.25, 0.3) is 0 Å². The highest BCUT2D eigenvalue weighted by molar-refractivity contribution is 7.89. The Morgan fingerprint density at radius 1 is 1.47 bits per heavy atom. The number of nitrogens with one attached hydrogen (secondary N) is 1. The van der Waals surface area contributed by atoms with Gasteiger partial charge in [-0.3, -0.25) is 0 Å². The second kappa shape index (κ2) is 5.39. The number of hydrogen-bond donors (Lipinski definition) is 2. The largest absolute Gasteiger partial charge is 0.392 e. The minimum absolute atomic E-state index is 0.000324. The molecule has 0 aliphatic rings. The molecule has 1 unspecified atom stereocenters. The summed E-state index contributed by atoms with van der Waals surface area (Å²) >= 11 is 0. The van der Waals surface area contributed by atoms with Crippen molar-refractivity contribution in [2.45, 2.75) is 17.9 Å². The first-order valence-electron chi connectivity index (χ1n) is 5.02. The van der Waals surface area contributed by atoms with E-state index in [2.05, 4.69) is 15.3 Å². The molecule has 1 rings (SSSR count). The maximum Gasteiger partial charge on any atom is 0.245 e. The molecule has 0 amide bonds. The van der Waals surface area contributed by atoms with E-state index in [0.29, 0.717) is 5.95 Å². The fourth-order valence-electron chi connectivity index (χ4n) is 1.23. The summed E-state index contributed by atoms with van der Waals surface area (Å²) in [6, 6.07) is 0. The van der Waals surface area contributed by atoms with Crippen molar-refractivity contribution in [1.29, 1.82) is 0 Å². The maximum absolute atomic E-state index is 12.0. The third kappa shape index (κ3) is 3.35. The summed E-state index contributed by atoms with van der Waals surface area (Å²) in [7, 11) is -0.600. The lowest BCUT2D eigenvalue weighted by molar-refractivity contribution is 0.171. The van der Waals surface area contributed by atoms with Gasteiger partial charge in [-0.2, -0.15) is 4.31 Å². The molecule has 0 radical (unpaired) electrons. The molecule has 8 heteroatoms. The molecule has 1 atom stereocenters. The second-order valence-electron chi connectivity index (χ2n) is 3.63. The number of aliphatic hydroxyl groups is 1. The highest BCUT2D eigenvalue weighted by atomic mass is 32.2. The zero-order valence-electron chi connectivity index (χ0n) is 9.95. The van der Waals surface area contributed by atoms with Gasteiger partial charge in [0.2, 0.25) is 16.0 Å². The number of likely N-dealkylation sites (N-methyl/N-ethyl adjacent to an activating group) is 1.